The van der Waals surface area contributed by atoms with Crippen LogP contribution in [-0.4, -0.2) is 49.4 Å². The smallest absolute Gasteiger partial charge is 0.244 e. The Morgan fingerprint density at radius 1 is 1.22 bits per heavy atom. The van der Waals surface area contributed by atoms with E-state index in [0.29, 0.717) is 6.04 Å². The zero-order chi connectivity index (χ0) is 16.7. The predicted octanol–water partition coefficient (Wildman–Crippen LogP) is 1.41. The average Bonchev–Trinajstić information content (AvgIpc) is 3.00. The second-order valence-electron chi connectivity index (χ2n) is 6.10. The Hall–Kier alpha value is -2.14. The molecule has 2 rings (SSSR count). The first-order chi connectivity index (χ1) is 11.1. The average molecular weight is 315 g/mol. The van der Waals surface area contributed by atoms with Crippen molar-refractivity contribution in [1.29, 1.82) is 0 Å². The minimum atomic E-state index is -0.264. The van der Waals surface area contributed by atoms with E-state index in [1.165, 1.54) is 6.08 Å². The number of benzene rings is 1. The lowest BCUT2D eigenvalue weighted by Crippen LogP contribution is -2.48. The van der Waals surface area contributed by atoms with Gasteiger partial charge in [0.2, 0.25) is 11.8 Å². The molecular formula is C18H25N3O2. The summed E-state index contributed by atoms with van der Waals surface area (Å²) in [7, 11) is 4.07. The zero-order valence-corrected chi connectivity index (χ0v) is 13.8. The van der Waals surface area contributed by atoms with E-state index >= 15 is 0 Å². The van der Waals surface area contributed by atoms with Crippen molar-refractivity contribution in [2.75, 3.05) is 20.6 Å². The molecule has 23 heavy (non-hydrogen) atoms. The van der Waals surface area contributed by atoms with Crippen LogP contribution in [0.15, 0.2) is 36.4 Å². The third-order valence-electron chi connectivity index (χ3n) is 4.14. The zero-order valence-electron chi connectivity index (χ0n) is 13.8. The summed E-state index contributed by atoms with van der Waals surface area (Å²) >= 11 is 0. The fourth-order valence-electron chi connectivity index (χ4n) is 2.95. The van der Waals surface area contributed by atoms with Gasteiger partial charge in [0.15, 0.2) is 0 Å². The van der Waals surface area contributed by atoms with Gasteiger partial charge in [0.25, 0.3) is 0 Å². The fourth-order valence-corrected chi connectivity index (χ4v) is 2.95. The maximum Gasteiger partial charge on any atom is 0.244 e. The molecule has 1 fully saturated rings. The topological polar surface area (TPSA) is 61.4 Å². The Kier molecular flexibility index (Phi) is 6.35. The molecular weight excluding hydrogens is 290 g/mol. The van der Waals surface area contributed by atoms with Gasteiger partial charge in [-0.3, -0.25) is 9.59 Å². The van der Waals surface area contributed by atoms with Crippen LogP contribution >= 0.6 is 0 Å². The van der Waals surface area contributed by atoms with Crippen molar-refractivity contribution in [3.05, 3.63) is 42.0 Å². The van der Waals surface area contributed by atoms with Crippen molar-refractivity contribution >= 4 is 17.9 Å². The first kappa shape index (κ1) is 17.2. The van der Waals surface area contributed by atoms with Gasteiger partial charge in [0, 0.05) is 18.2 Å². The number of nitrogens with zero attached hydrogens (tertiary/aromatic N) is 1. The lowest BCUT2D eigenvalue weighted by Gasteiger charge is -2.26. The Morgan fingerprint density at radius 2 is 1.96 bits per heavy atom. The normalized spacial score (nSPS) is 20.8. The van der Waals surface area contributed by atoms with Gasteiger partial charge in [-0.2, -0.15) is 0 Å². The van der Waals surface area contributed by atoms with Gasteiger partial charge < -0.3 is 15.5 Å². The Labute approximate surface area is 137 Å². The molecule has 5 heteroatoms. The van der Waals surface area contributed by atoms with Crippen LogP contribution in [0.5, 0.6) is 0 Å². The van der Waals surface area contributed by atoms with Gasteiger partial charge >= 0.3 is 0 Å². The van der Waals surface area contributed by atoms with Gasteiger partial charge in [0.1, 0.15) is 0 Å². The van der Waals surface area contributed by atoms with Crippen molar-refractivity contribution in [2.24, 2.45) is 0 Å². The molecule has 0 unspecified atom stereocenters. The van der Waals surface area contributed by atoms with E-state index in [1.54, 1.807) is 6.08 Å². The minimum absolute atomic E-state index is 0.00854. The maximum absolute atomic E-state index is 12.0. The predicted molar refractivity (Wildman–Crippen MR) is 91.7 cm³/mol. The Morgan fingerprint density at radius 3 is 2.65 bits per heavy atom. The molecule has 124 valence electrons. The van der Waals surface area contributed by atoms with Crippen LogP contribution in [0, 0.1) is 0 Å². The highest BCUT2D eigenvalue weighted by atomic mass is 16.2. The minimum Gasteiger partial charge on any atom is -0.350 e. The number of likely N-dealkylation sites (N-methyl/N-ethyl adjacent to an activating group) is 1. The van der Waals surface area contributed by atoms with Crippen LogP contribution in [0.1, 0.15) is 24.8 Å². The summed E-state index contributed by atoms with van der Waals surface area (Å²) < 4.78 is 0. The summed E-state index contributed by atoms with van der Waals surface area (Å²) in [6.07, 6.45) is 6.40. The van der Waals surface area contributed by atoms with Crippen LogP contribution in [0.3, 0.4) is 0 Å². The lowest BCUT2D eigenvalue weighted by atomic mass is 10.1. The van der Waals surface area contributed by atoms with Crippen LogP contribution in [-0.2, 0) is 9.59 Å². The van der Waals surface area contributed by atoms with Gasteiger partial charge in [-0.05, 0) is 45.0 Å². The van der Waals surface area contributed by atoms with Crippen LogP contribution in [0.2, 0.25) is 0 Å². The van der Waals surface area contributed by atoms with Crippen molar-refractivity contribution in [2.45, 2.75) is 31.3 Å². The standard InChI is InChI=1S/C18H25N3O2/c1-21(2)16-10-6-9-15(16)20-18(23)13-19-17(22)12-11-14-7-4-3-5-8-14/h3-5,7-8,11-12,15-16H,6,9-10,13H2,1-2H3,(H,19,22)(H,20,23)/b12-11-/t15-,16+/m0/s1. The van der Waals surface area contributed by atoms with Crippen molar-refractivity contribution in [3.63, 3.8) is 0 Å². The highest BCUT2D eigenvalue weighted by Gasteiger charge is 2.29. The summed E-state index contributed by atoms with van der Waals surface area (Å²) in [5.74, 6) is -0.398. The first-order valence-electron chi connectivity index (χ1n) is 8.03. The monoisotopic (exact) mass is 315 g/mol. The number of amides is 2. The molecule has 2 atom stereocenters. The molecule has 0 radical (unpaired) electrons. The number of rotatable bonds is 6. The van der Waals surface area contributed by atoms with Crippen LogP contribution < -0.4 is 10.6 Å². The van der Waals surface area contributed by atoms with Gasteiger partial charge in [-0.25, -0.2) is 0 Å². The number of carbonyl (C=O) groups excluding carboxylic acids is 2. The Balaban J connectivity index is 1.74. The van der Waals surface area contributed by atoms with Crippen LogP contribution in [0.25, 0.3) is 6.08 Å². The second-order valence-corrected chi connectivity index (χ2v) is 6.10. The molecule has 1 aromatic rings. The number of hydrogen-bond donors (Lipinski definition) is 2. The molecule has 0 heterocycles. The van der Waals surface area contributed by atoms with Gasteiger partial charge in [-0.15, -0.1) is 0 Å². The third-order valence-corrected chi connectivity index (χ3v) is 4.14. The van der Waals surface area contributed by atoms with E-state index in [0.717, 1.165) is 24.8 Å². The van der Waals surface area contributed by atoms with E-state index in [-0.39, 0.29) is 24.4 Å². The van der Waals surface area contributed by atoms with Crippen molar-refractivity contribution in [1.82, 2.24) is 15.5 Å². The van der Waals surface area contributed by atoms with Crippen molar-refractivity contribution < 1.29 is 9.59 Å². The van der Waals surface area contributed by atoms with E-state index in [9.17, 15) is 9.59 Å². The quantitative estimate of drug-likeness (QED) is 0.781. The summed E-state index contributed by atoms with van der Waals surface area (Å²) in [6, 6.07) is 10.1. The molecule has 0 saturated heterocycles. The lowest BCUT2D eigenvalue weighted by molar-refractivity contribution is -0.124. The number of nitrogens with one attached hydrogen (secondary N) is 2. The number of carbonyl (C=O) groups is 2. The van der Waals surface area contributed by atoms with Crippen LogP contribution in [0.4, 0.5) is 0 Å². The maximum atomic E-state index is 12.0. The summed E-state index contributed by atoms with van der Waals surface area (Å²) in [5.41, 5.74) is 0.951. The third kappa shape index (κ3) is 5.53. The Bertz CT molecular complexity index is 555. The summed E-state index contributed by atoms with van der Waals surface area (Å²) in [4.78, 5) is 25.9. The van der Waals surface area contributed by atoms with Crippen molar-refractivity contribution in [3.8, 4) is 0 Å². The fraction of sp³-hybridized carbons (Fsp3) is 0.444. The van der Waals surface area contributed by atoms with E-state index in [4.69, 9.17) is 0 Å². The molecule has 2 amide bonds. The molecule has 1 aromatic carbocycles. The molecule has 0 spiro atoms. The summed E-state index contributed by atoms with van der Waals surface area (Å²) in [6.45, 7) is 0.00854. The van der Waals surface area contributed by atoms with Gasteiger partial charge in [0.05, 0.1) is 6.54 Å². The molecule has 0 bridgehead atoms. The molecule has 2 N–H and O–H groups in total. The molecule has 0 aliphatic heterocycles. The molecule has 1 aliphatic rings. The molecule has 0 aromatic heterocycles. The number of hydrogen-bond acceptors (Lipinski definition) is 3. The summed E-state index contributed by atoms with van der Waals surface area (Å²) in [5, 5.41) is 5.64. The molecule has 1 saturated carbocycles. The SMILES string of the molecule is CN(C)[C@@H]1CCC[C@@H]1NC(=O)CNC(=O)/C=C\c1ccccc1. The molecule has 1 aliphatic carbocycles. The highest BCUT2D eigenvalue weighted by molar-refractivity contribution is 5.94. The first-order valence-corrected chi connectivity index (χ1v) is 8.03. The van der Waals surface area contributed by atoms with E-state index < -0.39 is 0 Å². The van der Waals surface area contributed by atoms with Gasteiger partial charge in [-0.1, -0.05) is 30.3 Å². The largest absolute Gasteiger partial charge is 0.350 e. The molecule has 5 nitrogen and oxygen atoms in total. The van der Waals surface area contributed by atoms with E-state index in [2.05, 4.69) is 15.5 Å². The second kappa shape index (κ2) is 8.48. The van der Waals surface area contributed by atoms with E-state index in [1.807, 2.05) is 44.4 Å². The highest BCUT2D eigenvalue weighted by Crippen LogP contribution is 2.22.